The summed E-state index contributed by atoms with van der Waals surface area (Å²) < 4.78 is 10.9. The topological polar surface area (TPSA) is 43.4 Å². The second kappa shape index (κ2) is 8.12. The van der Waals surface area contributed by atoms with Gasteiger partial charge >= 0.3 is 0 Å². The smallest absolute Gasteiger partial charge is 0.214 e. The van der Waals surface area contributed by atoms with E-state index in [1.165, 1.54) is 5.56 Å². The van der Waals surface area contributed by atoms with Gasteiger partial charge in [-0.2, -0.15) is 0 Å². The number of methoxy groups -OCH3 is 1. The maximum absolute atomic E-state index is 5.78. The SMILES string of the molecule is CCc1cc(CNC(C)C)cc(OC(C)COC)n1. The molecule has 1 N–H and O–H groups in total. The fourth-order valence-corrected chi connectivity index (χ4v) is 1.76. The molecule has 0 saturated heterocycles. The van der Waals surface area contributed by atoms with E-state index in [0.29, 0.717) is 18.5 Å². The minimum Gasteiger partial charge on any atom is -0.472 e. The van der Waals surface area contributed by atoms with Crippen molar-refractivity contribution in [2.75, 3.05) is 13.7 Å². The predicted octanol–water partition coefficient (Wildman–Crippen LogP) is 2.56. The standard InChI is InChI=1S/C15H26N2O2/c1-6-14-7-13(9-16-11(2)3)8-15(17-14)19-12(4)10-18-5/h7-8,11-12,16H,6,9-10H2,1-5H3. The highest BCUT2D eigenvalue weighted by Gasteiger charge is 2.08. The van der Waals surface area contributed by atoms with Crippen molar-refractivity contribution < 1.29 is 9.47 Å². The molecular formula is C15H26N2O2. The summed E-state index contributed by atoms with van der Waals surface area (Å²) in [5, 5.41) is 3.41. The van der Waals surface area contributed by atoms with Crippen LogP contribution in [0.5, 0.6) is 5.88 Å². The second-order valence-corrected chi connectivity index (χ2v) is 5.08. The van der Waals surface area contributed by atoms with Crippen LogP contribution >= 0.6 is 0 Å². The highest BCUT2D eigenvalue weighted by atomic mass is 16.5. The number of aryl methyl sites for hydroxylation is 1. The number of nitrogens with zero attached hydrogens (tertiary/aromatic N) is 1. The molecule has 0 aromatic carbocycles. The average molecular weight is 266 g/mol. The maximum atomic E-state index is 5.78. The van der Waals surface area contributed by atoms with E-state index in [-0.39, 0.29) is 6.10 Å². The molecule has 1 atom stereocenters. The van der Waals surface area contributed by atoms with Gasteiger partial charge in [0.2, 0.25) is 5.88 Å². The summed E-state index contributed by atoms with van der Waals surface area (Å²) in [7, 11) is 1.67. The van der Waals surface area contributed by atoms with Gasteiger partial charge in [-0.25, -0.2) is 4.98 Å². The Morgan fingerprint density at radius 3 is 2.58 bits per heavy atom. The van der Waals surface area contributed by atoms with Gasteiger partial charge in [0.05, 0.1) is 6.61 Å². The number of aromatic nitrogens is 1. The molecule has 0 amide bonds. The van der Waals surface area contributed by atoms with Crippen LogP contribution in [0, 0.1) is 0 Å². The Morgan fingerprint density at radius 2 is 2.00 bits per heavy atom. The highest BCUT2D eigenvalue weighted by molar-refractivity contribution is 5.25. The first-order chi connectivity index (χ1) is 9.05. The van der Waals surface area contributed by atoms with Gasteiger partial charge in [0.15, 0.2) is 0 Å². The zero-order valence-electron chi connectivity index (χ0n) is 12.7. The fourth-order valence-electron chi connectivity index (χ4n) is 1.76. The molecule has 4 nitrogen and oxygen atoms in total. The third-order valence-electron chi connectivity index (χ3n) is 2.71. The van der Waals surface area contributed by atoms with Crippen LogP contribution in [0.4, 0.5) is 0 Å². The van der Waals surface area contributed by atoms with Crippen LogP contribution in [0.1, 0.15) is 39.0 Å². The van der Waals surface area contributed by atoms with Gasteiger partial charge in [0, 0.05) is 31.5 Å². The van der Waals surface area contributed by atoms with E-state index < -0.39 is 0 Å². The van der Waals surface area contributed by atoms with Crippen molar-refractivity contribution in [2.45, 2.75) is 52.8 Å². The van der Waals surface area contributed by atoms with Crippen molar-refractivity contribution >= 4 is 0 Å². The summed E-state index contributed by atoms with van der Waals surface area (Å²) in [5.41, 5.74) is 2.27. The molecular weight excluding hydrogens is 240 g/mol. The lowest BCUT2D eigenvalue weighted by Gasteiger charge is -2.15. The number of ether oxygens (including phenoxy) is 2. The van der Waals surface area contributed by atoms with E-state index in [1.807, 2.05) is 13.0 Å². The maximum Gasteiger partial charge on any atom is 0.214 e. The molecule has 0 saturated carbocycles. The van der Waals surface area contributed by atoms with Crippen LogP contribution in [0.15, 0.2) is 12.1 Å². The Bertz CT molecular complexity index is 380. The number of pyridine rings is 1. The third-order valence-corrected chi connectivity index (χ3v) is 2.71. The molecule has 1 heterocycles. The van der Waals surface area contributed by atoms with Crippen LogP contribution in [0.2, 0.25) is 0 Å². The molecule has 1 unspecified atom stereocenters. The first kappa shape index (κ1) is 15.9. The fraction of sp³-hybridized carbons (Fsp3) is 0.667. The summed E-state index contributed by atoms with van der Waals surface area (Å²) in [5.74, 6) is 0.685. The van der Waals surface area contributed by atoms with Gasteiger partial charge in [-0.1, -0.05) is 20.8 Å². The Labute approximate surface area is 116 Å². The Morgan fingerprint density at radius 1 is 1.26 bits per heavy atom. The lowest BCUT2D eigenvalue weighted by molar-refractivity contribution is 0.0888. The Kier molecular flexibility index (Phi) is 6.81. The minimum atomic E-state index is 0.00974. The molecule has 0 radical (unpaired) electrons. The van der Waals surface area contributed by atoms with Gasteiger partial charge in [0.25, 0.3) is 0 Å². The third kappa shape index (κ3) is 6.03. The second-order valence-electron chi connectivity index (χ2n) is 5.08. The summed E-state index contributed by atoms with van der Waals surface area (Å²) in [6, 6.07) is 4.60. The van der Waals surface area contributed by atoms with E-state index in [4.69, 9.17) is 9.47 Å². The highest BCUT2D eigenvalue weighted by Crippen LogP contribution is 2.15. The first-order valence-corrected chi connectivity index (χ1v) is 6.94. The van der Waals surface area contributed by atoms with Crippen molar-refractivity contribution in [2.24, 2.45) is 0 Å². The number of rotatable bonds is 8. The van der Waals surface area contributed by atoms with Crippen molar-refractivity contribution in [1.29, 1.82) is 0 Å². The molecule has 108 valence electrons. The molecule has 0 fully saturated rings. The van der Waals surface area contributed by atoms with Crippen LogP contribution in [0.25, 0.3) is 0 Å². The van der Waals surface area contributed by atoms with Crippen LogP contribution in [-0.2, 0) is 17.7 Å². The number of hydrogen-bond donors (Lipinski definition) is 1. The average Bonchev–Trinajstić information content (AvgIpc) is 2.36. The van der Waals surface area contributed by atoms with Gasteiger partial charge in [-0.05, 0) is 25.0 Å². The van der Waals surface area contributed by atoms with Crippen LogP contribution in [0.3, 0.4) is 0 Å². The van der Waals surface area contributed by atoms with Crippen molar-refractivity contribution in [3.8, 4) is 5.88 Å². The van der Waals surface area contributed by atoms with Gasteiger partial charge < -0.3 is 14.8 Å². The summed E-state index contributed by atoms with van der Waals surface area (Å²) >= 11 is 0. The van der Waals surface area contributed by atoms with E-state index in [2.05, 4.69) is 37.1 Å². The Hall–Kier alpha value is -1.13. The Balaban J connectivity index is 2.76. The molecule has 19 heavy (non-hydrogen) atoms. The monoisotopic (exact) mass is 266 g/mol. The van der Waals surface area contributed by atoms with Crippen LogP contribution in [-0.4, -0.2) is 30.8 Å². The molecule has 0 spiro atoms. The molecule has 1 aromatic heterocycles. The quantitative estimate of drug-likeness (QED) is 0.785. The van der Waals surface area contributed by atoms with Crippen molar-refractivity contribution in [3.63, 3.8) is 0 Å². The van der Waals surface area contributed by atoms with E-state index >= 15 is 0 Å². The lowest BCUT2D eigenvalue weighted by atomic mass is 10.2. The zero-order valence-corrected chi connectivity index (χ0v) is 12.7. The first-order valence-electron chi connectivity index (χ1n) is 6.94. The zero-order chi connectivity index (χ0) is 14.3. The molecule has 0 bridgehead atoms. The minimum absolute atomic E-state index is 0.00974. The molecule has 0 aliphatic rings. The molecule has 4 heteroatoms. The normalized spacial score (nSPS) is 12.7. The van der Waals surface area contributed by atoms with Crippen molar-refractivity contribution in [1.82, 2.24) is 10.3 Å². The molecule has 0 aliphatic carbocycles. The van der Waals surface area contributed by atoms with Gasteiger partial charge in [-0.3, -0.25) is 0 Å². The predicted molar refractivity (Wildman–Crippen MR) is 77.6 cm³/mol. The van der Waals surface area contributed by atoms with E-state index in [9.17, 15) is 0 Å². The number of hydrogen-bond acceptors (Lipinski definition) is 4. The van der Waals surface area contributed by atoms with E-state index in [1.54, 1.807) is 7.11 Å². The van der Waals surface area contributed by atoms with Gasteiger partial charge in [0.1, 0.15) is 6.10 Å². The molecule has 0 aliphatic heterocycles. The summed E-state index contributed by atoms with van der Waals surface area (Å²) in [6.07, 6.45) is 0.917. The summed E-state index contributed by atoms with van der Waals surface area (Å²) in [4.78, 5) is 4.50. The largest absolute Gasteiger partial charge is 0.472 e. The number of nitrogens with one attached hydrogen (secondary N) is 1. The van der Waals surface area contributed by atoms with Gasteiger partial charge in [-0.15, -0.1) is 0 Å². The van der Waals surface area contributed by atoms with Crippen molar-refractivity contribution in [3.05, 3.63) is 23.4 Å². The molecule has 1 aromatic rings. The molecule has 1 rings (SSSR count). The summed E-state index contributed by atoms with van der Waals surface area (Å²) in [6.45, 7) is 9.76. The van der Waals surface area contributed by atoms with Crippen LogP contribution < -0.4 is 10.1 Å². The van der Waals surface area contributed by atoms with E-state index in [0.717, 1.165) is 18.7 Å². The lowest BCUT2D eigenvalue weighted by Crippen LogP contribution is -2.22.